The minimum Gasteiger partial charge on any atom is -0.478 e. The molecule has 0 atom stereocenters. The highest BCUT2D eigenvalue weighted by Crippen LogP contribution is 2.49. The molecule has 0 aliphatic carbocycles. The summed E-state index contributed by atoms with van der Waals surface area (Å²) in [4.78, 5) is 16.8. The number of carboxylic acids is 1. The second-order valence-electron chi connectivity index (χ2n) is 11.2. The average molecular weight is 899 g/mol. The molecule has 0 amide bonds. The van der Waals surface area contributed by atoms with E-state index in [0.29, 0.717) is 12.1 Å². The number of benzene rings is 4. The average Bonchev–Trinajstić information content (AvgIpc) is 3.15. The number of nitrogens with zero attached hydrogens (tertiary/aromatic N) is 6. The minimum atomic E-state index is -4.88. The van der Waals surface area contributed by atoms with Crippen LogP contribution in [0.3, 0.4) is 0 Å². The molecule has 0 unspecified atom stereocenters. The molecule has 4 aromatic rings. The minimum absolute atomic E-state index is 0.0193. The monoisotopic (exact) mass is 898 g/mol. The highest BCUT2D eigenvalue weighted by molar-refractivity contribution is 7.91. The Morgan fingerprint density at radius 1 is 0.610 bits per heavy atom. The van der Waals surface area contributed by atoms with Crippen molar-refractivity contribution in [3.8, 4) is 0 Å². The lowest BCUT2D eigenvalue weighted by molar-refractivity contribution is 0.0698. The Balaban J connectivity index is 1.75. The van der Waals surface area contributed by atoms with Gasteiger partial charge in [0.25, 0.3) is 0 Å². The summed E-state index contributed by atoms with van der Waals surface area (Å²) in [5, 5.41) is 41.3. The van der Waals surface area contributed by atoms with Crippen molar-refractivity contribution in [2.24, 2.45) is 30.7 Å². The first-order chi connectivity index (χ1) is 27.6. The van der Waals surface area contributed by atoms with Crippen molar-refractivity contribution in [3.05, 3.63) is 78.4 Å². The van der Waals surface area contributed by atoms with Crippen LogP contribution in [-0.2, 0) is 53.7 Å². The maximum absolute atomic E-state index is 12.7. The highest BCUT2D eigenvalue weighted by Gasteiger charge is 2.27. The van der Waals surface area contributed by atoms with Crippen LogP contribution in [-0.4, -0.2) is 85.0 Å². The molecule has 4 rings (SSSR count). The summed E-state index contributed by atoms with van der Waals surface area (Å²) in [6.07, 6.45) is 0.653. The molecule has 9 N–H and O–H groups in total. The van der Waals surface area contributed by atoms with E-state index >= 15 is 0 Å². The molecule has 0 fully saturated rings. The molecular formula is C30H30N10O15S4. The van der Waals surface area contributed by atoms with Crippen LogP contribution in [0.4, 0.5) is 51.2 Å². The summed E-state index contributed by atoms with van der Waals surface area (Å²) in [6, 6.07) is 15.0. The molecule has 0 radical (unpaired) electrons. The van der Waals surface area contributed by atoms with Gasteiger partial charge < -0.3 is 21.4 Å². The number of nitrogen functional groups attached to an aromatic ring is 2. The normalized spacial score (nSPS) is 12.6. The Labute approximate surface area is 334 Å². The fraction of sp³-hybridized carbons (Fsp3) is 0.133. The molecule has 0 saturated heterocycles. The van der Waals surface area contributed by atoms with Gasteiger partial charge in [0.1, 0.15) is 22.6 Å². The number of anilines is 3. The van der Waals surface area contributed by atoms with Gasteiger partial charge in [-0.15, -0.1) is 15.3 Å². The zero-order valence-electron chi connectivity index (χ0n) is 29.5. The lowest BCUT2D eigenvalue weighted by Gasteiger charge is -2.13. The molecule has 0 spiro atoms. The standard InChI is InChI=1S/C30H30N10O15S4/c31-17-53-40-21-3-1-18(2-4-21)34-37-27-24(30(41)42)28(38-35-19-5-9-22(10-6-19)56(43,44)15-13-54-58(47,48)49)26(33)29(25(27)32)39-36-20-7-11-23(12-8-20)57(45,46)16-14-55-59(50,51)52/h1-12,17,31,40H,13-16,32-33H2,(H,41,42)(H,47,48,49)(H,50,51,52). The van der Waals surface area contributed by atoms with Crippen LogP contribution in [0.25, 0.3) is 0 Å². The number of rotatable bonds is 20. The second kappa shape index (κ2) is 18.9. The van der Waals surface area contributed by atoms with Crippen molar-refractivity contribution in [1.29, 1.82) is 5.41 Å². The number of hydrogen-bond acceptors (Lipinski definition) is 22. The van der Waals surface area contributed by atoms with E-state index in [1.165, 1.54) is 48.5 Å². The summed E-state index contributed by atoms with van der Waals surface area (Å²) in [7, 11) is -17.9. The van der Waals surface area contributed by atoms with E-state index in [1.54, 1.807) is 0 Å². The zero-order chi connectivity index (χ0) is 43.6. The van der Waals surface area contributed by atoms with Crippen LogP contribution in [0.5, 0.6) is 0 Å². The molecule has 25 nitrogen and oxygen atoms in total. The molecule has 0 saturated carbocycles. The Bertz CT molecular complexity index is 2750. The number of carbonyl (C=O) groups is 1. The maximum Gasteiger partial charge on any atom is 0.397 e. The third kappa shape index (κ3) is 13.1. The predicted molar refractivity (Wildman–Crippen MR) is 207 cm³/mol. The van der Waals surface area contributed by atoms with Gasteiger partial charge in [-0.1, -0.05) is 0 Å². The first-order valence-electron chi connectivity index (χ1n) is 15.7. The van der Waals surface area contributed by atoms with E-state index < -0.39 is 99.5 Å². The molecule has 0 bridgehead atoms. The van der Waals surface area contributed by atoms with Crippen molar-refractivity contribution >= 4 is 104 Å². The van der Waals surface area contributed by atoms with E-state index in [1.807, 2.05) is 0 Å². The van der Waals surface area contributed by atoms with Crippen molar-refractivity contribution in [2.75, 3.05) is 41.7 Å². The topological polar surface area (TPSA) is 404 Å². The first-order valence-corrected chi connectivity index (χ1v) is 21.8. The van der Waals surface area contributed by atoms with E-state index in [0.717, 1.165) is 24.3 Å². The molecule has 29 heteroatoms. The van der Waals surface area contributed by atoms with Crippen molar-refractivity contribution in [2.45, 2.75) is 9.79 Å². The largest absolute Gasteiger partial charge is 0.478 e. The summed E-state index contributed by atoms with van der Waals surface area (Å²) in [6.45, 7) is -1.73. The summed E-state index contributed by atoms with van der Waals surface area (Å²) < 4.78 is 119. The lowest BCUT2D eigenvalue weighted by atomic mass is 10.1. The number of aromatic carboxylic acids is 1. The number of nitrogens with two attached hydrogens (primary N) is 2. The highest BCUT2D eigenvalue weighted by atomic mass is 32.3. The van der Waals surface area contributed by atoms with Crippen LogP contribution in [0.1, 0.15) is 10.4 Å². The predicted octanol–water partition coefficient (Wildman–Crippen LogP) is 4.93. The smallest absolute Gasteiger partial charge is 0.397 e. The quantitative estimate of drug-likeness (QED) is 0.0154. The van der Waals surface area contributed by atoms with Gasteiger partial charge in [-0.25, -0.2) is 35.5 Å². The summed E-state index contributed by atoms with van der Waals surface area (Å²) in [5.41, 5.74) is 12.7. The van der Waals surface area contributed by atoms with Crippen LogP contribution in [0.2, 0.25) is 0 Å². The number of hydrogen-bond donors (Lipinski definition) is 7. The molecule has 59 heavy (non-hydrogen) atoms. The second-order valence-corrected chi connectivity index (χ2v) is 17.6. The van der Waals surface area contributed by atoms with Gasteiger partial charge in [0, 0.05) is 0 Å². The molecule has 0 aliphatic heterocycles. The Morgan fingerprint density at radius 3 is 1.31 bits per heavy atom. The SMILES string of the molecule is N=CONc1ccc(N=Nc2c(N)c(N=Nc3ccc(S(=O)(=O)CCOS(=O)(=O)O)cc3)c(N)c(N=Nc3ccc(S(=O)(=O)CCOS(=O)(=O)O)cc3)c2C(=O)O)cc1. The van der Waals surface area contributed by atoms with Crippen molar-refractivity contribution in [3.63, 3.8) is 0 Å². The Morgan fingerprint density at radius 2 is 0.966 bits per heavy atom. The number of azo groups is 3. The molecular weight excluding hydrogens is 869 g/mol. The van der Waals surface area contributed by atoms with E-state index in [9.17, 15) is 43.6 Å². The van der Waals surface area contributed by atoms with E-state index in [2.05, 4.69) is 49.4 Å². The van der Waals surface area contributed by atoms with Crippen LogP contribution in [0, 0.1) is 5.41 Å². The number of sulfone groups is 2. The fourth-order valence-electron chi connectivity index (χ4n) is 4.46. The maximum atomic E-state index is 12.7. The van der Waals surface area contributed by atoms with E-state index in [-0.39, 0.29) is 32.5 Å². The Hall–Kier alpha value is -6.34. The van der Waals surface area contributed by atoms with Crippen LogP contribution in [0.15, 0.2) is 113 Å². The molecule has 0 aliphatic rings. The molecule has 0 heterocycles. The third-order valence-corrected chi connectivity index (χ3v) is 11.5. The van der Waals surface area contributed by atoms with Crippen molar-refractivity contribution < 1.29 is 65.9 Å². The molecule has 4 aromatic carbocycles. The van der Waals surface area contributed by atoms with Crippen molar-refractivity contribution in [1.82, 2.24) is 0 Å². The van der Waals surface area contributed by atoms with Gasteiger partial charge in [-0.3, -0.25) is 14.5 Å². The van der Waals surface area contributed by atoms with Gasteiger partial charge >= 0.3 is 26.8 Å². The molecule has 314 valence electrons. The summed E-state index contributed by atoms with van der Waals surface area (Å²) in [5.74, 6) is -3.26. The van der Waals surface area contributed by atoms with Gasteiger partial charge in [0.15, 0.2) is 19.7 Å². The van der Waals surface area contributed by atoms with Gasteiger partial charge in [-0.2, -0.15) is 32.2 Å². The lowest BCUT2D eigenvalue weighted by Crippen LogP contribution is -2.15. The Kier molecular flexibility index (Phi) is 14.6. The zero-order valence-corrected chi connectivity index (χ0v) is 32.8. The summed E-state index contributed by atoms with van der Waals surface area (Å²) >= 11 is 0. The van der Waals surface area contributed by atoms with Gasteiger partial charge in [-0.05, 0) is 72.8 Å². The van der Waals surface area contributed by atoms with Crippen LogP contribution < -0.4 is 16.9 Å². The third-order valence-electron chi connectivity index (χ3n) is 7.17. The van der Waals surface area contributed by atoms with Gasteiger partial charge in [0.05, 0.1) is 68.6 Å². The van der Waals surface area contributed by atoms with Gasteiger partial charge in [0.2, 0.25) is 6.40 Å². The van der Waals surface area contributed by atoms with E-state index in [4.69, 9.17) is 26.0 Å². The van der Waals surface area contributed by atoms with Crippen LogP contribution >= 0.6 is 0 Å². The number of nitrogens with one attached hydrogen (secondary N) is 2. The first kappa shape index (κ1) is 45.4. The number of carboxylic acid groups (broad SMARTS) is 1. The molecule has 0 aromatic heterocycles. The fourth-order valence-corrected chi connectivity index (χ4v) is 7.44.